The van der Waals surface area contributed by atoms with Crippen LogP contribution in [-0.4, -0.2) is 68.2 Å². The molecule has 37 heavy (non-hydrogen) atoms. The second-order valence-corrected chi connectivity index (χ2v) is 9.13. The normalized spacial score (nSPS) is 23.8. The molecule has 8 nitrogen and oxygen atoms in total. The van der Waals surface area contributed by atoms with Crippen molar-refractivity contribution in [3.8, 4) is 5.75 Å². The van der Waals surface area contributed by atoms with E-state index in [1.54, 1.807) is 4.90 Å². The maximum Gasteiger partial charge on any atom is 0.573 e. The van der Waals surface area contributed by atoms with Gasteiger partial charge in [-0.2, -0.15) is 4.39 Å². The monoisotopic (exact) mass is 528 g/mol. The number of alkyl halides is 3. The summed E-state index contributed by atoms with van der Waals surface area (Å²) < 4.78 is 62.7. The van der Waals surface area contributed by atoms with Gasteiger partial charge in [-0.05, 0) is 61.9 Å². The van der Waals surface area contributed by atoms with Crippen molar-refractivity contribution in [3.63, 3.8) is 0 Å². The van der Waals surface area contributed by atoms with Crippen LogP contribution in [0.5, 0.6) is 5.75 Å². The summed E-state index contributed by atoms with van der Waals surface area (Å²) >= 11 is 0. The highest BCUT2D eigenvalue weighted by Crippen LogP contribution is 2.32. The average molecular weight is 529 g/mol. The standard InChI is InChI=1S/C25H32F4N4O4/c1-30-23(32-14-17-5-3-16(4-6-17)13-21(34)35)22(26)24(31-2)33-11-12-36-15-20(33)18-7-9-19(10-8-18)37-25(27,28)29/h7-10,16-17,20,32H,1,3-6,11-15H2,2H3,(H,34,35)/b23-22-,31-24?. The Hall–Kier alpha value is -3.15. The summed E-state index contributed by atoms with van der Waals surface area (Å²) in [6, 6.07) is 4.87. The Kier molecular flexibility index (Phi) is 9.90. The minimum absolute atomic E-state index is 0.0315. The van der Waals surface area contributed by atoms with Gasteiger partial charge in [-0.1, -0.05) is 12.1 Å². The van der Waals surface area contributed by atoms with Gasteiger partial charge >= 0.3 is 12.3 Å². The van der Waals surface area contributed by atoms with Crippen molar-refractivity contribution in [1.29, 1.82) is 0 Å². The van der Waals surface area contributed by atoms with Crippen molar-refractivity contribution < 1.29 is 36.9 Å². The summed E-state index contributed by atoms with van der Waals surface area (Å²) in [7, 11) is 1.45. The van der Waals surface area contributed by atoms with Crippen LogP contribution in [0.1, 0.15) is 43.7 Å². The Balaban J connectivity index is 1.70. The van der Waals surface area contributed by atoms with Crippen LogP contribution in [-0.2, 0) is 9.53 Å². The predicted octanol–water partition coefficient (Wildman–Crippen LogP) is 4.70. The fourth-order valence-electron chi connectivity index (χ4n) is 4.81. The number of carboxylic acid groups (broad SMARTS) is 1. The highest BCUT2D eigenvalue weighted by Gasteiger charge is 2.33. The van der Waals surface area contributed by atoms with E-state index in [1.807, 2.05) is 0 Å². The maximum absolute atomic E-state index is 15.7. The highest BCUT2D eigenvalue weighted by atomic mass is 19.4. The van der Waals surface area contributed by atoms with Crippen LogP contribution in [0, 0.1) is 11.8 Å². The second-order valence-electron chi connectivity index (χ2n) is 9.13. The van der Waals surface area contributed by atoms with Gasteiger partial charge in [0.05, 0.1) is 19.3 Å². The van der Waals surface area contributed by atoms with Crippen LogP contribution in [0.25, 0.3) is 0 Å². The zero-order chi connectivity index (χ0) is 27.0. The lowest BCUT2D eigenvalue weighted by atomic mass is 9.80. The Morgan fingerprint density at radius 3 is 2.43 bits per heavy atom. The van der Waals surface area contributed by atoms with E-state index in [2.05, 4.69) is 26.8 Å². The van der Waals surface area contributed by atoms with Gasteiger partial charge in [0.2, 0.25) is 5.83 Å². The van der Waals surface area contributed by atoms with E-state index in [9.17, 15) is 18.0 Å². The van der Waals surface area contributed by atoms with Crippen LogP contribution >= 0.6 is 0 Å². The summed E-state index contributed by atoms with van der Waals surface area (Å²) in [6.45, 7) is 4.77. The van der Waals surface area contributed by atoms with Gasteiger partial charge in [-0.15, -0.1) is 13.2 Å². The lowest BCUT2D eigenvalue weighted by molar-refractivity contribution is -0.274. The molecule has 1 aromatic rings. The molecule has 0 spiro atoms. The van der Waals surface area contributed by atoms with Gasteiger partial charge < -0.3 is 24.8 Å². The Labute approximate surface area is 213 Å². The number of aliphatic carboxylic acids is 1. The number of halogens is 4. The van der Waals surface area contributed by atoms with E-state index < -0.39 is 24.2 Å². The zero-order valence-electron chi connectivity index (χ0n) is 20.6. The minimum Gasteiger partial charge on any atom is -0.481 e. The Bertz CT molecular complexity index is 989. The fraction of sp³-hybridized carbons (Fsp3) is 0.560. The molecule has 3 rings (SSSR count). The van der Waals surface area contributed by atoms with Gasteiger partial charge in [0.15, 0.2) is 11.7 Å². The number of morpholine rings is 1. The number of benzene rings is 1. The molecule has 1 saturated heterocycles. The van der Waals surface area contributed by atoms with E-state index >= 15 is 4.39 Å². The van der Waals surface area contributed by atoms with Gasteiger partial charge in [0, 0.05) is 26.6 Å². The number of carboxylic acids is 1. The maximum atomic E-state index is 15.7. The van der Waals surface area contributed by atoms with Crippen LogP contribution < -0.4 is 10.1 Å². The third-order valence-electron chi connectivity index (χ3n) is 6.66. The van der Waals surface area contributed by atoms with Gasteiger partial charge in [0.25, 0.3) is 0 Å². The van der Waals surface area contributed by atoms with Gasteiger partial charge in [-0.3, -0.25) is 9.79 Å². The van der Waals surface area contributed by atoms with E-state index in [1.165, 1.54) is 31.3 Å². The summed E-state index contributed by atoms with van der Waals surface area (Å²) in [5, 5.41) is 12.0. The summed E-state index contributed by atoms with van der Waals surface area (Å²) in [6.07, 6.45) is -1.33. The van der Waals surface area contributed by atoms with Crippen molar-refractivity contribution in [3.05, 3.63) is 41.5 Å². The Morgan fingerprint density at radius 1 is 1.22 bits per heavy atom. The molecule has 1 heterocycles. The summed E-state index contributed by atoms with van der Waals surface area (Å²) in [5.41, 5.74) is 0.613. The van der Waals surface area contributed by atoms with Crippen molar-refractivity contribution in [2.24, 2.45) is 21.8 Å². The number of carbonyl (C=O) groups is 1. The first-order valence-electron chi connectivity index (χ1n) is 12.1. The molecule has 2 fully saturated rings. The van der Waals surface area contributed by atoms with Crippen LogP contribution in [0.4, 0.5) is 17.6 Å². The van der Waals surface area contributed by atoms with Crippen molar-refractivity contribution in [2.45, 2.75) is 44.5 Å². The second kappa shape index (κ2) is 12.9. The third kappa shape index (κ3) is 8.17. The molecule has 1 aliphatic carbocycles. The Morgan fingerprint density at radius 2 is 1.86 bits per heavy atom. The number of nitrogens with zero attached hydrogens (tertiary/aromatic N) is 3. The van der Waals surface area contributed by atoms with E-state index in [-0.39, 0.29) is 42.3 Å². The largest absolute Gasteiger partial charge is 0.573 e. The first kappa shape index (κ1) is 28.4. The molecule has 2 aliphatic rings. The molecule has 1 aromatic carbocycles. The number of rotatable bonds is 9. The number of hydrogen-bond acceptors (Lipinski definition) is 6. The van der Waals surface area contributed by atoms with Crippen molar-refractivity contribution in [1.82, 2.24) is 10.2 Å². The smallest absolute Gasteiger partial charge is 0.481 e. The third-order valence-corrected chi connectivity index (χ3v) is 6.66. The molecule has 0 amide bonds. The van der Waals surface area contributed by atoms with Crippen LogP contribution in [0.2, 0.25) is 0 Å². The zero-order valence-corrected chi connectivity index (χ0v) is 20.6. The topological polar surface area (TPSA) is 95.8 Å². The SMILES string of the molecule is C=N/C(NCC1CCC(CC(=O)O)CC1)=C(/F)C(=NC)N1CCOCC1c1ccc(OC(F)(F)F)cc1. The number of hydrogen-bond donors (Lipinski definition) is 2. The predicted molar refractivity (Wildman–Crippen MR) is 130 cm³/mol. The molecule has 0 radical (unpaired) electrons. The van der Waals surface area contributed by atoms with Gasteiger partial charge in [0.1, 0.15) is 5.75 Å². The quantitative estimate of drug-likeness (QED) is 0.274. The number of ether oxygens (including phenoxy) is 2. The molecule has 0 aromatic heterocycles. The van der Waals surface area contributed by atoms with E-state index in [4.69, 9.17) is 9.84 Å². The van der Waals surface area contributed by atoms with E-state index in [0.717, 1.165) is 25.7 Å². The number of nitrogens with one attached hydrogen (secondary N) is 1. The highest BCUT2D eigenvalue weighted by molar-refractivity contribution is 5.97. The lowest BCUT2D eigenvalue weighted by Crippen LogP contribution is -2.44. The number of aliphatic imine (C=N–C) groups is 2. The van der Waals surface area contributed by atoms with Crippen molar-refractivity contribution >= 4 is 18.5 Å². The fourth-order valence-corrected chi connectivity index (χ4v) is 4.81. The van der Waals surface area contributed by atoms with Crippen LogP contribution in [0.15, 0.2) is 45.9 Å². The van der Waals surface area contributed by atoms with Crippen molar-refractivity contribution in [2.75, 3.05) is 33.4 Å². The first-order valence-corrected chi connectivity index (χ1v) is 12.1. The molecule has 12 heteroatoms. The molecule has 0 bridgehead atoms. The van der Waals surface area contributed by atoms with E-state index in [0.29, 0.717) is 25.3 Å². The van der Waals surface area contributed by atoms with Gasteiger partial charge in [-0.25, -0.2) is 4.99 Å². The lowest BCUT2D eigenvalue weighted by Gasteiger charge is -2.37. The average Bonchev–Trinajstić information content (AvgIpc) is 2.85. The molecular formula is C25H32F4N4O4. The number of amidine groups is 1. The molecular weight excluding hydrogens is 496 g/mol. The molecule has 1 aliphatic heterocycles. The molecule has 1 atom stereocenters. The molecule has 204 valence electrons. The molecule has 1 unspecified atom stereocenters. The first-order chi connectivity index (χ1) is 17.6. The molecule has 1 saturated carbocycles. The molecule has 2 N–H and O–H groups in total. The van der Waals surface area contributed by atoms with Crippen LogP contribution in [0.3, 0.4) is 0 Å². The summed E-state index contributed by atoms with van der Waals surface area (Å²) in [4.78, 5) is 20.6. The minimum atomic E-state index is -4.80. The summed E-state index contributed by atoms with van der Waals surface area (Å²) in [5.74, 6) is -1.43.